The number of nitrogens with one attached hydrogen (secondary N) is 1. The third-order valence-electron chi connectivity index (χ3n) is 4.52. The first-order valence-corrected chi connectivity index (χ1v) is 7.70. The lowest BCUT2D eigenvalue weighted by atomic mass is 10.1. The maximum Gasteiger partial charge on any atom is 0.167 e. The van der Waals surface area contributed by atoms with Gasteiger partial charge in [0.25, 0.3) is 0 Å². The van der Waals surface area contributed by atoms with E-state index in [9.17, 15) is 0 Å². The first-order valence-electron chi connectivity index (χ1n) is 7.70. The summed E-state index contributed by atoms with van der Waals surface area (Å²) in [7, 11) is 4.08. The molecule has 1 N–H and O–H groups in total. The zero-order valence-electron chi connectivity index (χ0n) is 13.5. The summed E-state index contributed by atoms with van der Waals surface area (Å²) < 4.78 is 0. The number of nitrogens with zero attached hydrogens (tertiary/aromatic N) is 4. The summed E-state index contributed by atoms with van der Waals surface area (Å²) in [6, 6.07) is 16.5. The molecule has 0 fully saturated rings. The molecule has 4 rings (SSSR count). The van der Waals surface area contributed by atoms with Crippen LogP contribution in [0.25, 0.3) is 10.9 Å². The number of azo groups is 1. The van der Waals surface area contributed by atoms with Crippen molar-refractivity contribution in [2.45, 2.75) is 13.1 Å². The van der Waals surface area contributed by atoms with Crippen molar-refractivity contribution in [3.63, 3.8) is 0 Å². The fraction of sp³-hybridized carbons (Fsp3) is 0.222. The number of aryl methyl sites for hydroxylation is 1. The lowest BCUT2D eigenvalue weighted by Gasteiger charge is -2.23. The second-order valence-electron chi connectivity index (χ2n) is 5.89. The molecule has 0 amide bonds. The van der Waals surface area contributed by atoms with Gasteiger partial charge in [-0.25, -0.2) is 0 Å². The van der Waals surface area contributed by atoms with E-state index >= 15 is 0 Å². The van der Waals surface area contributed by atoms with E-state index in [1.54, 1.807) is 0 Å². The van der Waals surface area contributed by atoms with Gasteiger partial charge in [-0.3, -0.25) is 0 Å². The Kier molecular flexibility index (Phi) is 3.16. The molecule has 1 atom stereocenters. The van der Waals surface area contributed by atoms with Crippen LogP contribution < -0.4 is 5.01 Å². The van der Waals surface area contributed by atoms with Crippen LogP contribution in [-0.2, 0) is 0 Å². The molecule has 2 heterocycles. The number of anilines is 1. The van der Waals surface area contributed by atoms with Crippen molar-refractivity contribution in [1.29, 1.82) is 0 Å². The molecule has 1 aromatic heterocycles. The summed E-state index contributed by atoms with van der Waals surface area (Å²) in [4.78, 5) is 3.36. The largest absolute Gasteiger partial charge is 0.357 e. The molecular weight excluding hydrogens is 286 g/mol. The number of aromatic nitrogens is 1. The Morgan fingerprint density at radius 1 is 1.00 bits per heavy atom. The maximum absolute atomic E-state index is 4.64. The molecule has 5 heteroatoms. The number of H-pyrrole nitrogens is 1. The van der Waals surface area contributed by atoms with Gasteiger partial charge in [0.15, 0.2) is 6.17 Å². The first-order chi connectivity index (χ1) is 11.2. The van der Waals surface area contributed by atoms with Gasteiger partial charge in [0, 0.05) is 36.3 Å². The van der Waals surface area contributed by atoms with Crippen LogP contribution in [-0.4, -0.2) is 24.1 Å². The Bertz CT molecular complexity index is 895. The van der Waals surface area contributed by atoms with E-state index in [1.165, 1.54) is 11.3 Å². The highest BCUT2D eigenvalue weighted by molar-refractivity contribution is 5.92. The number of benzene rings is 2. The Labute approximate surface area is 135 Å². The monoisotopic (exact) mass is 305 g/mol. The third kappa shape index (κ3) is 2.12. The Balaban J connectivity index is 1.75. The maximum atomic E-state index is 4.64. The summed E-state index contributed by atoms with van der Waals surface area (Å²) in [6.45, 7) is 2.03. The molecule has 0 aliphatic carbocycles. The van der Waals surface area contributed by atoms with E-state index in [0.29, 0.717) is 0 Å². The molecule has 23 heavy (non-hydrogen) atoms. The highest BCUT2D eigenvalue weighted by atomic mass is 15.7. The van der Waals surface area contributed by atoms with Gasteiger partial charge in [-0.1, -0.05) is 36.4 Å². The van der Waals surface area contributed by atoms with Gasteiger partial charge in [-0.15, -0.1) is 0 Å². The summed E-state index contributed by atoms with van der Waals surface area (Å²) >= 11 is 0. The van der Waals surface area contributed by atoms with Crippen LogP contribution in [0, 0.1) is 6.92 Å². The average molecular weight is 305 g/mol. The molecule has 1 aliphatic rings. The number of aromatic amines is 1. The molecule has 116 valence electrons. The highest BCUT2D eigenvalue weighted by Crippen LogP contribution is 2.40. The number of para-hydroxylation sites is 2. The van der Waals surface area contributed by atoms with Crippen LogP contribution in [0.5, 0.6) is 0 Å². The summed E-state index contributed by atoms with van der Waals surface area (Å²) in [5, 5.41) is 14.5. The number of fused-ring (bicyclic) bond motifs is 2. The predicted molar refractivity (Wildman–Crippen MR) is 92.9 cm³/mol. The minimum Gasteiger partial charge on any atom is -0.357 e. The van der Waals surface area contributed by atoms with E-state index in [1.807, 2.05) is 45.3 Å². The quantitative estimate of drug-likeness (QED) is 0.706. The fourth-order valence-electron chi connectivity index (χ4n) is 3.18. The smallest absolute Gasteiger partial charge is 0.167 e. The van der Waals surface area contributed by atoms with Gasteiger partial charge in [0.1, 0.15) is 5.69 Å². The molecule has 0 spiro atoms. The third-order valence-corrected chi connectivity index (χ3v) is 4.52. The van der Waals surface area contributed by atoms with Crippen LogP contribution in [0.1, 0.15) is 17.4 Å². The minimum atomic E-state index is -0.0933. The van der Waals surface area contributed by atoms with Crippen molar-refractivity contribution < 1.29 is 0 Å². The van der Waals surface area contributed by atoms with E-state index in [0.717, 1.165) is 22.3 Å². The van der Waals surface area contributed by atoms with E-state index in [-0.39, 0.29) is 6.17 Å². The Morgan fingerprint density at radius 3 is 2.61 bits per heavy atom. The first kappa shape index (κ1) is 14.0. The number of hydrogen-bond acceptors (Lipinski definition) is 4. The van der Waals surface area contributed by atoms with Gasteiger partial charge in [-0.05, 0) is 19.1 Å². The van der Waals surface area contributed by atoms with E-state index in [2.05, 4.69) is 49.5 Å². The predicted octanol–water partition coefficient (Wildman–Crippen LogP) is 4.56. The van der Waals surface area contributed by atoms with Crippen molar-refractivity contribution in [1.82, 2.24) is 9.99 Å². The van der Waals surface area contributed by atoms with Gasteiger partial charge in [0.2, 0.25) is 0 Å². The van der Waals surface area contributed by atoms with Crippen molar-refractivity contribution in [2.75, 3.05) is 19.1 Å². The lowest BCUT2D eigenvalue weighted by Crippen LogP contribution is -2.32. The standard InChI is InChI=1S/C18H19N5/c1-12-17(13-8-4-6-10-15(13)19-12)20-21-18-14-9-5-7-11-16(14)22(2)23(18)3/h4-11,18-19H,1-3H3. The Morgan fingerprint density at radius 2 is 1.74 bits per heavy atom. The van der Waals surface area contributed by atoms with E-state index < -0.39 is 0 Å². The van der Waals surface area contributed by atoms with Gasteiger partial charge in [0.05, 0.1) is 5.69 Å². The highest BCUT2D eigenvalue weighted by Gasteiger charge is 2.31. The molecular formula is C18H19N5. The van der Waals surface area contributed by atoms with Crippen LogP contribution in [0.2, 0.25) is 0 Å². The zero-order chi connectivity index (χ0) is 16.0. The number of rotatable bonds is 2. The normalized spacial score (nSPS) is 18.2. The van der Waals surface area contributed by atoms with E-state index in [4.69, 9.17) is 0 Å². The topological polar surface area (TPSA) is 47.0 Å². The summed E-state index contributed by atoms with van der Waals surface area (Å²) in [5.74, 6) is 0. The molecule has 2 aromatic carbocycles. The van der Waals surface area contributed by atoms with Crippen molar-refractivity contribution in [2.24, 2.45) is 10.2 Å². The van der Waals surface area contributed by atoms with Crippen molar-refractivity contribution >= 4 is 22.3 Å². The number of hydrazine groups is 1. The molecule has 1 unspecified atom stereocenters. The second-order valence-corrected chi connectivity index (χ2v) is 5.89. The molecule has 0 radical (unpaired) electrons. The fourth-order valence-corrected chi connectivity index (χ4v) is 3.18. The lowest BCUT2D eigenvalue weighted by molar-refractivity contribution is 0.263. The van der Waals surface area contributed by atoms with Crippen molar-refractivity contribution in [3.8, 4) is 0 Å². The average Bonchev–Trinajstić information content (AvgIpc) is 3.01. The second kappa shape index (κ2) is 5.21. The van der Waals surface area contributed by atoms with Crippen LogP contribution in [0.3, 0.4) is 0 Å². The summed E-state index contributed by atoms with van der Waals surface area (Å²) in [6.07, 6.45) is -0.0933. The molecule has 5 nitrogen and oxygen atoms in total. The SMILES string of the molecule is Cc1[nH]c2ccccc2c1N=NC1c2ccccc2N(C)N1C. The minimum absolute atomic E-state index is 0.0933. The van der Waals surface area contributed by atoms with Gasteiger partial charge in [-0.2, -0.15) is 15.2 Å². The molecule has 0 bridgehead atoms. The molecule has 1 aliphatic heterocycles. The molecule has 0 saturated carbocycles. The van der Waals surface area contributed by atoms with Crippen LogP contribution >= 0.6 is 0 Å². The molecule has 0 saturated heterocycles. The Hall–Kier alpha value is -2.66. The van der Waals surface area contributed by atoms with Crippen LogP contribution in [0.4, 0.5) is 11.4 Å². The van der Waals surface area contributed by atoms with Gasteiger partial charge < -0.3 is 9.99 Å². The van der Waals surface area contributed by atoms with Gasteiger partial charge >= 0.3 is 0 Å². The summed E-state index contributed by atoms with van der Waals surface area (Å²) in [5.41, 5.74) is 5.41. The zero-order valence-corrected chi connectivity index (χ0v) is 13.5. The molecule has 3 aromatic rings. The number of hydrogen-bond donors (Lipinski definition) is 1. The van der Waals surface area contributed by atoms with Crippen molar-refractivity contribution in [3.05, 3.63) is 59.8 Å². The van der Waals surface area contributed by atoms with Crippen LogP contribution in [0.15, 0.2) is 58.8 Å².